The molecule has 78 valence electrons. The fourth-order valence-corrected chi connectivity index (χ4v) is 0.900. The summed E-state index contributed by atoms with van der Waals surface area (Å²) >= 11 is 0. The van der Waals surface area contributed by atoms with Crippen LogP contribution in [-0.4, -0.2) is 6.29 Å². The maximum absolute atomic E-state index is 13.0. The van der Waals surface area contributed by atoms with Crippen LogP contribution in [0.3, 0.4) is 0 Å². The van der Waals surface area contributed by atoms with Gasteiger partial charge in [0.1, 0.15) is 5.82 Å². The van der Waals surface area contributed by atoms with E-state index in [-0.39, 0.29) is 11.8 Å². The van der Waals surface area contributed by atoms with Crippen LogP contribution in [-0.2, 0) is 11.0 Å². The topological polar surface area (TPSA) is 17.1 Å². The Labute approximate surface area is 82.7 Å². The number of rotatable bonds is 0. The molecule has 0 aliphatic rings. The largest absolute Gasteiger partial charge is 0.416 e. The third-order valence-corrected chi connectivity index (χ3v) is 1.56. The molecule has 0 spiro atoms. The lowest BCUT2D eigenvalue weighted by atomic mass is 10.1. The quantitative estimate of drug-likeness (QED) is 0.369. The van der Waals surface area contributed by atoms with Gasteiger partial charge in [-0.2, -0.15) is 13.2 Å². The fraction of sp³-hybridized carbons (Fsp3) is 0.100. The summed E-state index contributed by atoms with van der Waals surface area (Å²) in [5, 5.41) is 0. The highest BCUT2D eigenvalue weighted by Crippen LogP contribution is 2.29. The third-order valence-electron chi connectivity index (χ3n) is 1.56. The molecule has 0 unspecified atom stereocenters. The highest BCUT2D eigenvalue weighted by Gasteiger charge is 2.30. The fourth-order valence-electron chi connectivity index (χ4n) is 0.900. The van der Waals surface area contributed by atoms with Crippen molar-refractivity contribution in [3.05, 3.63) is 35.1 Å². The predicted octanol–water partition coefficient (Wildman–Crippen LogP) is 2.39. The number of carbonyl (C=O) groups is 1. The van der Waals surface area contributed by atoms with Crippen molar-refractivity contribution in [2.24, 2.45) is 0 Å². The third kappa shape index (κ3) is 2.81. The molecule has 0 saturated carbocycles. The Balaban J connectivity index is 3.14. The highest BCUT2D eigenvalue weighted by molar-refractivity contribution is 5.74. The Hall–Kier alpha value is -1.83. The Morgan fingerprint density at radius 1 is 1.27 bits per heavy atom. The van der Waals surface area contributed by atoms with E-state index >= 15 is 0 Å². The van der Waals surface area contributed by atoms with Crippen LogP contribution >= 0.6 is 0 Å². The zero-order chi connectivity index (χ0) is 11.5. The second-order valence-corrected chi connectivity index (χ2v) is 2.58. The Bertz CT molecular complexity index is 437. The average Bonchev–Trinajstić information content (AvgIpc) is 2.14. The van der Waals surface area contributed by atoms with E-state index in [1.807, 2.05) is 5.92 Å². The molecular formula is C10H4F4O. The van der Waals surface area contributed by atoms with Crippen LogP contribution in [0.1, 0.15) is 11.1 Å². The van der Waals surface area contributed by atoms with Crippen LogP contribution in [0, 0.1) is 17.7 Å². The smallest absolute Gasteiger partial charge is 0.289 e. The van der Waals surface area contributed by atoms with Crippen molar-refractivity contribution >= 4 is 6.29 Å². The normalized spacial score (nSPS) is 10.4. The lowest BCUT2D eigenvalue weighted by Gasteiger charge is -2.06. The van der Waals surface area contributed by atoms with Gasteiger partial charge < -0.3 is 0 Å². The minimum atomic E-state index is -4.59. The lowest BCUT2D eigenvalue weighted by molar-refractivity contribution is -0.137. The number of halogens is 4. The number of alkyl halides is 3. The van der Waals surface area contributed by atoms with E-state index in [1.165, 1.54) is 0 Å². The predicted molar refractivity (Wildman–Crippen MR) is 44.3 cm³/mol. The molecule has 0 heterocycles. The zero-order valence-corrected chi connectivity index (χ0v) is 7.23. The van der Waals surface area contributed by atoms with Crippen molar-refractivity contribution < 1.29 is 22.4 Å². The molecule has 15 heavy (non-hydrogen) atoms. The first-order chi connectivity index (χ1) is 6.95. The van der Waals surface area contributed by atoms with Crippen LogP contribution < -0.4 is 0 Å². The average molecular weight is 216 g/mol. The van der Waals surface area contributed by atoms with Gasteiger partial charge in [0.05, 0.1) is 11.1 Å². The number of hydrogen-bond acceptors (Lipinski definition) is 1. The Morgan fingerprint density at radius 3 is 2.40 bits per heavy atom. The van der Waals surface area contributed by atoms with Gasteiger partial charge in [-0.25, -0.2) is 4.39 Å². The van der Waals surface area contributed by atoms with Crippen LogP contribution in [0.4, 0.5) is 17.6 Å². The molecule has 0 amide bonds. The van der Waals surface area contributed by atoms with Crippen LogP contribution in [0.25, 0.3) is 0 Å². The van der Waals surface area contributed by atoms with Crippen LogP contribution in [0.15, 0.2) is 18.2 Å². The molecule has 0 fully saturated rings. The molecule has 1 nitrogen and oxygen atoms in total. The van der Waals surface area contributed by atoms with Gasteiger partial charge in [-0.05, 0) is 24.1 Å². The maximum Gasteiger partial charge on any atom is 0.416 e. The van der Waals surface area contributed by atoms with E-state index in [1.54, 1.807) is 0 Å². The van der Waals surface area contributed by atoms with Gasteiger partial charge in [-0.3, -0.25) is 4.79 Å². The summed E-state index contributed by atoms with van der Waals surface area (Å²) in [4.78, 5) is 9.84. The van der Waals surface area contributed by atoms with Gasteiger partial charge >= 0.3 is 6.18 Å². The first kappa shape index (κ1) is 11.2. The maximum atomic E-state index is 13.0. The first-order valence-electron chi connectivity index (χ1n) is 3.77. The molecule has 0 aliphatic heterocycles. The van der Waals surface area contributed by atoms with E-state index in [2.05, 4.69) is 5.92 Å². The zero-order valence-electron chi connectivity index (χ0n) is 7.23. The van der Waals surface area contributed by atoms with Gasteiger partial charge in [0, 0.05) is 0 Å². The molecular weight excluding hydrogens is 212 g/mol. The van der Waals surface area contributed by atoms with Crippen molar-refractivity contribution in [1.29, 1.82) is 0 Å². The number of benzene rings is 1. The monoisotopic (exact) mass is 216 g/mol. The van der Waals surface area contributed by atoms with Crippen LogP contribution in [0.2, 0.25) is 0 Å². The Kier molecular flexibility index (Phi) is 3.10. The molecule has 0 aliphatic carbocycles. The summed E-state index contributed by atoms with van der Waals surface area (Å²) < 4.78 is 49.3. The second kappa shape index (κ2) is 4.13. The van der Waals surface area contributed by atoms with Crippen molar-refractivity contribution in [3.8, 4) is 11.8 Å². The first-order valence-corrected chi connectivity index (χ1v) is 3.77. The molecule has 1 rings (SSSR count). The second-order valence-electron chi connectivity index (χ2n) is 2.58. The highest BCUT2D eigenvalue weighted by atomic mass is 19.4. The van der Waals surface area contributed by atoms with Crippen molar-refractivity contribution in [2.45, 2.75) is 6.18 Å². The number of hydrogen-bond donors (Lipinski definition) is 0. The van der Waals surface area contributed by atoms with E-state index in [9.17, 15) is 22.4 Å². The van der Waals surface area contributed by atoms with Crippen molar-refractivity contribution in [1.82, 2.24) is 0 Å². The van der Waals surface area contributed by atoms with Crippen LogP contribution in [0.5, 0.6) is 0 Å². The standard InChI is InChI=1S/C10H4F4O/c11-9-6-8(10(12,13)14)4-3-7(9)2-1-5-15/h3-6H. The molecule has 0 bridgehead atoms. The minimum absolute atomic E-state index is 0.233. The van der Waals surface area contributed by atoms with E-state index in [0.717, 1.165) is 6.07 Å². The van der Waals surface area contributed by atoms with E-state index in [0.29, 0.717) is 12.1 Å². The molecule has 0 aromatic heterocycles. The molecule has 0 N–H and O–H groups in total. The van der Waals surface area contributed by atoms with Crippen molar-refractivity contribution in [3.63, 3.8) is 0 Å². The molecule has 1 aromatic carbocycles. The minimum Gasteiger partial charge on any atom is -0.289 e. The summed E-state index contributed by atoms with van der Waals surface area (Å²) in [5.41, 5.74) is -1.33. The molecule has 5 heteroatoms. The molecule has 0 radical (unpaired) electrons. The molecule has 0 saturated heterocycles. The van der Waals surface area contributed by atoms with Crippen molar-refractivity contribution in [2.75, 3.05) is 0 Å². The van der Waals surface area contributed by atoms with Gasteiger partial charge in [-0.1, -0.05) is 5.92 Å². The molecule has 1 aromatic rings. The summed E-state index contributed by atoms with van der Waals surface area (Å²) in [6, 6.07) is 1.93. The van der Waals surface area contributed by atoms with E-state index < -0.39 is 17.6 Å². The Morgan fingerprint density at radius 2 is 1.93 bits per heavy atom. The van der Waals surface area contributed by atoms with Gasteiger partial charge in [-0.15, -0.1) is 0 Å². The summed E-state index contributed by atoms with van der Waals surface area (Å²) in [5.74, 6) is 2.89. The van der Waals surface area contributed by atoms with E-state index in [4.69, 9.17) is 0 Å². The summed E-state index contributed by atoms with van der Waals surface area (Å²) in [6.07, 6.45) is -4.35. The summed E-state index contributed by atoms with van der Waals surface area (Å²) in [6.45, 7) is 0. The summed E-state index contributed by atoms with van der Waals surface area (Å²) in [7, 11) is 0. The number of carbonyl (C=O) groups excluding carboxylic acids is 1. The van der Waals surface area contributed by atoms with Gasteiger partial charge in [0.15, 0.2) is 6.29 Å². The van der Waals surface area contributed by atoms with Gasteiger partial charge in [0.2, 0.25) is 0 Å². The van der Waals surface area contributed by atoms with Gasteiger partial charge in [0.25, 0.3) is 0 Å². The number of aldehydes is 1. The molecule has 0 atom stereocenters. The SMILES string of the molecule is O=CC#Cc1ccc(C(F)(F)F)cc1F. The lowest BCUT2D eigenvalue weighted by Crippen LogP contribution is -2.05.